The van der Waals surface area contributed by atoms with Crippen molar-refractivity contribution < 1.29 is 4.74 Å². The molecule has 1 N–H and O–H groups in total. The Morgan fingerprint density at radius 2 is 2.00 bits per heavy atom. The molecule has 0 unspecified atom stereocenters. The van der Waals surface area contributed by atoms with Crippen molar-refractivity contribution in [1.29, 1.82) is 0 Å². The average molecular weight is 244 g/mol. The molecule has 1 aromatic carbocycles. The summed E-state index contributed by atoms with van der Waals surface area (Å²) in [6.07, 6.45) is 4.48. The van der Waals surface area contributed by atoms with E-state index in [2.05, 4.69) is 54.4 Å². The van der Waals surface area contributed by atoms with Crippen LogP contribution in [0.2, 0.25) is 0 Å². The number of ether oxygens (including phenoxy) is 1. The molecule has 96 valence electrons. The molecule has 1 aromatic rings. The minimum atomic E-state index is 0.0383. The van der Waals surface area contributed by atoms with Gasteiger partial charge in [-0.25, -0.2) is 0 Å². The van der Waals surface area contributed by atoms with Crippen LogP contribution in [0, 0.1) is 0 Å². The maximum absolute atomic E-state index is 5.42. The highest BCUT2D eigenvalue weighted by molar-refractivity contribution is 5.82. The molecule has 0 bridgehead atoms. The van der Waals surface area contributed by atoms with E-state index in [0.717, 1.165) is 26.3 Å². The van der Waals surface area contributed by atoms with Crippen LogP contribution >= 0.6 is 0 Å². The number of hydrogen-bond acceptors (Lipinski definition) is 3. The van der Waals surface area contributed by atoms with E-state index in [4.69, 9.17) is 4.74 Å². The second-order valence-corrected chi connectivity index (χ2v) is 5.52. The number of nitrogens with one attached hydrogen (secondary N) is 1. The zero-order valence-corrected chi connectivity index (χ0v) is 11.1. The summed E-state index contributed by atoms with van der Waals surface area (Å²) in [6, 6.07) is 6.49. The zero-order valence-electron chi connectivity index (χ0n) is 11.1. The molecule has 0 amide bonds. The van der Waals surface area contributed by atoms with Crippen LogP contribution in [0.15, 0.2) is 24.3 Å². The fourth-order valence-corrected chi connectivity index (χ4v) is 2.60. The molecular formula is C15H20N2O. The monoisotopic (exact) mass is 244 g/mol. The summed E-state index contributed by atoms with van der Waals surface area (Å²) in [6.45, 7) is 7.99. The van der Waals surface area contributed by atoms with Crippen molar-refractivity contribution in [3.05, 3.63) is 29.8 Å². The van der Waals surface area contributed by atoms with Crippen LogP contribution in [-0.4, -0.2) is 31.8 Å². The molecule has 3 rings (SSSR count). The van der Waals surface area contributed by atoms with Gasteiger partial charge in [0.25, 0.3) is 0 Å². The second kappa shape index (κ2) is 4.32. The highest BCUT2D eigenvalue weighted by atomic mass is 16.5. The molecule has 0 radical (unpaired) electrons. The van der Waals surface area contributed by atoms with Crippen molar-refractivity contribution in [3.63, 3.8) is 0 Å². The predicted molar refractivity (Wildman–Crippen MR) is 76.2 cm³/mol. The topological polar surface area (TPSA) is 24.5 Å². The largest absolute Gasteiger partial charge is 0.378 e. The Hall–Kier alpha value is -1.48. The SMILES string of the molecule is CC1(C)C=Cc2c(cccc2N2CCOCC2)N1. The van der Waals surface area contributed by atoms with Gasteiger partial charge in [-0.1, -0.05) is 18.2 Å². The number of rotatable bonds is 1. The first-order valence-electron chi connectivity index (χ1n) is 6.59. The number of benzene rings is 1. The summed E-state index contributed by atoms with van der Waals surface area (Å²) in [5.41, 5.74) is 3.89. The summed E-state index contributed by atoms with van der Waals surface area (Å²) in [4.78, 5) is 2.41. The van der Waals surface area contributed by atoms with Crippen molar-refractivity contribution in [3.8, 4) is 0 Å². The third-order valence-electron chi connectivity index (χ3n) is 3.56. The summed E-state index contributed by atoms with van der Waals surface area (Å²) >= 11 is 0. The van der Waals surface area contributed by atoms with Crippen molar-refractivity contribution in [1.82, 2.24) is 0 Å². The molecule has 3 heteroatoms. The Balaban J connectivity index is 1.97. The van der Waals surface area contributed by atoms with E-state index < -0.39 is 0 Å². The Morgan fingerprint density at radius 3 is 2.78 bits per heavy atom. The Labute approximate surface area is 108 Å². The predicted octanol–water partition coefficient (Wildman–Crippen LogP) is 2.74. The minimum Gasteiger partial charge on any atom is -0.378 e. The van der Waals surface area contributed by atoms with Gasteiger partial charge in [-0.3, -0.25) is 0 Å². The molecule has 1 saturated heterocycles. The molecule has 0 saturated carbocycles. The molecular weight excluding hydrogens is 224 g/mol. The highest BCUT2D eigenvalue weighted by Crippen LogP contribution is 2.35. The normalized spacial score (nSPS) is 21.3. The second-order valence-electron chi connectivity index (χ2n) is 5.52. The molecule has 1 fully saturated rings. The van der Waals surface area contributed by atoms with Crippen LogP contribution in [0.4, 0.5) is 11.4 Å². The maximum Gasteiger partial charge on any atom is 0.0642 e. The van der Waals surface area contributed by atoms with Crippen LogP contribution in [0.25, 0.3) is 6.08 Å². The van der Waals surface area contributed by atoms with E-state index in [0.29, 0.717) is 0 Å². The van der Waals surface area contributed by atoms with Gasteiger partial charge in [0.05, 0.1) is 18.8 Å². The number of nitrogens with zero attached hydrogens (tertiary/aromatic N) is 1. The highest BCUT2D eigenvalue weighted by Gasteiger charge is 2.22. The smallest absolute Gasteiger partial charge is 0.0642 e. The summed E-state index contributed by atoms with van der Waals surface area (Å²) in [7, 11) is 0. The number of hydrogen-bond donors (Lipinski definition) is 1. The van der Waals surface area contributed by atoms with E-state index in [1.807, 2.05) is 0 Å². The summed E-state index contributed by atoms with van der Waals surface area (Å²) < 4.78 is 5.42. The van der Waals surface area contributed by atoms with E-state index in [1.54, 1.807) is 0 Å². The fourth-order valence-electron chi connectivity index (χ4n) is 2.60. The molecule has 0 aliphatic carbocycles. The van der Waals surface area contributed by atoms with Gasteiger partial charge in [0.1, 0.15) is 0 Å². The van der Waals surface area contributed by atoms with Crippen LogP contribution in [0.3, 0.4) is 0 Å². The fraction of sp³-hybridized carbons (Fsp3) is 0.467. The van der Waals surface area contributed by atoms with Gasteiger partial charge in [-0.15, -0.1) is 0 Å². The van der Waals surface area contributed by atoms with Gasteiger partial charge in [0, 0.05) is 30.0 Å². The van der Waals surface area contributed by atoms with Crippen molar-refractivity contribution in [2.24, 2.45) is 0 Å². The average Bonchev–Trinajstić information content (AvgIpc) is 2.37. The zero-order chi connectivity index (χ0) is 12.6. The first kappa shape index (κ1) is 11.6. The summed E-state index contributed by atoms with van der Waals surface area (Å²) in [5.74, 6) is 0. The van der Waals surface area contributed by atoms with Crippen molar-refractivity contribution >= 4 is 17.5 Å². The van der Waals surface area contributed by atoms with Gasteiger partial charge in [-0.05, 0) is 26.0 Å². The summed E-state index contributed by atoms with van der Waals surface area (Å²) in [5, 5.41) is 3.57. The van der Waals surface area contributed by atoms with E-state index in [-0.39, 0.29) is 5.54 Å². The third-order valence-corrected chi connectivity index (χ3v) is 3.56. The molecule has 0 aromatic heterocycles. The Kier molecular flexibility index (Phi) is 2.78. The molecule has 2 heterocycles. The van der Waals surface area contributed by atoms with E-state index in [1.165, 1.54) is 16.9 Å². The van der Waals surface area contributed by atoms with Gasteiger partial charge >= 0.3 is 0 Å². The Morgan fingerprint density at radius 1 is 1.22 bits per heavy atom. The molecule has 18 heavy (non-hydrogen) atoms. The van der Waals surface area contributed by atoms with E-state index >= 15 is 0 Å². The lowest BCUT2D eigenvalue weighted by Crippen LogP contribution is -2.37. The lowest BCUT2D eigenvalue weighted by Gasteiger charge is -2.34. The first-order valence-corrected chi connectivity index (χ1v) is 6.59. The van der Waals surface area contributed by atoms with Crippen molar-refractivity contribution in [2.75, 3.05) is 36.5 Å². The van der Waals surface area contributed by atoms with Crippen molar-refractivity contribution in [2.45, 2.75) is 19.4 Å². The molecule has 2 aliphatic rings. The third kappa shape index (κ3) is 2.10. The molecule has 0 atom stereocenters. The maximum atomic E-state index is 5.42. The Bertz CT molecular complexity index is 473. The van der Waals surface area contributed by atoms with Crippen LogP contribution in [0.5, 0.6) is 0 Å². The van der Waals surface area contributed by atoms with Crippen LogP contribution in [-0.2, 0) is 4.74 Å². The van der Waals surface area contributed by atoms with Gasteiger partial charge in [0.15, 0.2) is 0 Å². The van der Waals surface area contributed by atoms with E-state index in [9.17, 15) is 0 Å². The number of fused-ring (bicyclic) bond motifs is 1. The minimum absolute atomic E-state index is 0.0383. The van der Waals surface area contributed by atoms with Gasteiger partial charge < -0.3 is 15.0 Å². The lowest BCUT2D eigenvalue weighted by molar-refractivity contribution is 0.122. The van der Waals surface area contributed by atoms with Crippen LogP contribution < -0.4 is 10.2 Å². The van der Waals surface area contributed by atoms with Crippen LogP contribution in [0.1, 0.15) is 19.4 Å². The standard InChI is InChI=1S/C15H20N2O/c1-15(2)7-6-12-13(16-15)4-3-5-14(12)17-8-10-18-11-9-17/h3-7,16H,8-11H2,1-2H3. The molecule has 2 aliphatic heterocycles. The molecule has 0 spiro atoms. The number of anilines is 2. The molecule has 3 nitrogen and oxygen atoms in total. The van der Waals surface area contributed by atoms with Gasteiger partial charge in [0.2, 0.25) is 0 Å². The number of morpholine rings is 1. The van der Waals surface area contributed by atoms with Gasteiger partial charge in [-0.2, -0.15) is 0 Å². The quantitative estimate of drug-likeness (QED) is 0.822. The first-order chi connectivity index (χ1) is 8.66. The lowest BCUT2D eigenvalue weighted by atomic mass is 9.95.